The van der Waals surface area contributed by atoms with Crippen molar-refractivity contribution in [3.63, 3.8) is 0 Å². The van der Waals surface area contributed by atoms with Crippen molar-refractivity contribution in [3.05, 3.63) is 65.2 Å². The van der Waals surface area contributed by atoms with E-state index in [0.29, 0.717) is 17.7 Å². The molecule has 0 heterocycles. The van der Waals surface area contributed by atoms with Gasteiger partial charge in [0.1, 0.15) is 5.75 Å². The molecule has 2 aromatic rings. The van der Waals surface area contributed by atoms with Crippen LogP contribution in [0.1, 0.15) is 34.8 Å². The molecule has 1 aliphatic carbocycles. The molecular formula is C23H28O2Si. The van der Waals surface area contributed by atoms with Gasteiger partial charge in [-0.05, 0) is 47.7 Å². The van der Waals surface area contributed by atoms with E-state index in [1.807, 2.05) is 12.1 Å². The first-order chi connectivity index (χ1) is 12.3. The van der Waals surface area contributed by atoms with E-state index in [-0.39, 0.29) is 5.78 Å². The molecule has 3 heteroatoms. The average molecular weight is 365 g/mol. The van der Waals surface area contributed by atoms with Crippen molar-refractivity contribution >= 4 is 13.9 Å². The highest BCUT2D eigenvalue weighted by Crippen LogP contribution is 2.42. The molecule has 136 valence electrons. The van der Waals surface area contributed by atoms with Gasteiger partial charge in [0.25, 0.3) is 0 Å². The molecular weight excluding hydrogens is 336 g/mol. The lowest BCUT2D eigenvalue weighted by Crippen LogP contribution is -2.20. The fourth-order valence-corrected chi connectivity index (χ4v) is 4.69. The Morgan fingerprint density at radius 1 is 1.15 bits per heavy atom. The molecule has 0 N–H and O–H groups in total. The van der Waals surface area contributed by atoms with Gasteiger partial charge in [0.2, 0.25) is 0 Å². The van der Waals surface area contributed by atoms with Gasteiger partial charge in [-0.15, -0.1) is 0 Å². The quantitative estimate of drug-likeness (QED) is 0.218. The Morgan fingerprint density at radius 2 is 1.88 bits per heavy atom. The number of rotatable bonds is 7. The van der Waals surface area contributed by atoms with Crippen molar-refractivity contribution in [2.24, 2.45) is 0 Å². The van der Waals surface area contributed by atoms with Gasteiger partial charge >= 0.3 is 0 Å². The third-order valence-corrected chi connectivity index (χ3v) is 6.72. The maximum atomic E-state index is 12.5. The number of carbonyl (C=O) groups is 1. The van der Waals surface area contributed by atoms with Gasteiger partial charge in [0, 0.05) is 25.6 Å². The molecule has 3 rings (SSSR count). The summed E-state index contributed by atoms with van der Waals surface area (Å²) in [5.41, 5.74) is 6.08. The zero-order chi connectivity index (χ0) is 18.9. The zero-order valence-corrected chi connectivity index (χ0v) is 17.3. The van der Waals surface area contributed by atoms with Crippen molar-refractivity contribution in [1.82, 2.24) is 0 Å². The minimum absolute atomic E-state index is 0.0101. The molecule has 0 aliphatic heterocycles. The molecule has 0 radical (unpaired) electrons. The standard InChI is InChI=1S/C23H28O2Si/c1-16(2)23(24)18-14-20-19-10-7-6-9-17(19)13-21(20)22(15-18)25-11-8-12-26(3,4)5/h6-7,9-10,14-15H,1,8,11-13H2,2-5H3. The lowest BCUT2D eigenvalue weighted by atomic mass is 9.98. The molecule has 0 bridgehead atoms. The molecule has 0 unspecified atom stereocenters. The molecule has 0 saturated heterocycles. The second-order valence-electron chi connectivity index (χ2n) is 8.46. The van der Waals surface area contributed by atoms with Crippen LogP contribution in [-0.4, -0.2) is 20.5 Å². The third kappa shape index (κ3) is 3.99. The molecule has 26 heavy (non-hydrogen) atoms. The van der Waals surface area contributed by atoms with E-state index in [4.69, 9.17) is 4.74 Å². The summed E-state index contributed by atoms with van der Waals surface area (Å²) in [5.74, 6) is 0.850. The van der Waals surface area contributed by atoms with Crippen LogP contribution >= 0.6 is 0 Å². The summed E-state index contributed by atoms with van der Waals surface area (Å²) in [6.45, 7) is 13.4. The van der Waals surface area contributed by atoms with Crippen LogP contribution < -0.4 is 4.74 Å². The number of ketones is 1. The van der Waals surface area contributed by atoms with Crippen LogP contribution in [0.4, 0.5) is 0 Å². The van der Waals surface area contributed by atoms with Gasteiger partial charge in [0.05, 0.1) is 6.61 Å². The maximum absolute atomic E-state index is 12.5. The van der Waals surface area contributed by atoms with Gasteiger partial charge in [-0.2, -0.15) is 0 Å². The fraction of sp³-hybridized carbons (Fsp3) is 0.348. The van der Waals surface area contributed by atoms with E-state index in [2.05, 4.69) is 50.5 Å². The predicted octanol–water partition coefficient (Wildman–Crippen LogP) is 6.12. The number of carbonyl (C=O) groups excluding carboxylic acids is 1. The summed E-state index contributed by atoms with van der Waals surface area (Å²) in [6, 6.07) is 13.6. The Kier molecular flexibility index (Phi) is 5.19. The number of hydrogen-bond donors (Lipinski definition) is 0. The van der Waals surface area contributed by atoms with Crippen molar-refractivity contribution in [3.8, 4) is 16.9 Å². The highest BCUT2D eigenvalue weighted by atomic mass is 28.3. The first kappa shape index (κ1) is 18.7. The maximum Gasteiger partial charge on any atom is 0.188 e. The van der Waals surface area contributed by atoms with Crippen molar-refractivity contribution in [2.75, 3.05) is 6.61 Å². The Bertz CT molecular complexity index is 859. The minimum Gasteiger partial charge on any atom is -0.493 e. The Hall–Kier alpha value is -2.13. The molecule has 0 atom stereocenters. The first-order valence-corrected chi connectivity index (χ1v) is 13.1. The largest absolute Gasteiger partial charge is 0.493 e. The van der Waals surface area contributed by atoms with Crippen LogP contribution in [0.2, 0.25) is 25.7 Å². The van der Waals surface area contributed by atoms with Gasteiger partial charge in [0.15, 0.2) is 5.78 Å². The Labute approximate surface area is 157 Å². The van der Waals surface area contributed by atoms with Gasteiger partial charge in [-0.25, -0.2) is 0 Å². The van der Waals surface area contributed by atoms with Crippen molar-refractivity contribution < 1.29 is 9.53 Å². The van der Waals surface area contributed by atoms with E-state index in [1.54, 1.807) is 6.92 Å². The van der Waals surface area contributed by atoms with Crippen LogP contribution in [0.3, 0.4) is 0 Å². The second-order valence-corrected chi connectivity index (χ2v) is 14.1. The molecule has 0 fully saturated rings. The fourth-order valence-electron chi connectivity index (χ4n) is 3.49. The van der Waals surface area contributed by atoms with E-state index in [0.717, 1.165) is 24.2 Å². The van der Waals surface area contributed by atoms with Crippen molar-refractivity contribution in [1.29, 1.82) is 0 Å². The summed E-state index contributed by atoms with van der Waals surface area (Å²) in [6.07, 6.45) is 1.94. The molecule has 2 nitrogen and oxygen atoms in total. The summed E-state index contributed by atoms with van der Waals surface area (Å²) in [7, 11) is -1.06. The monoisotopic (exact) mass is 364 g/mol. The van der Waals surface area contributed by atoms with Crippen LogP contribution in [0.15, 0.2) is 48.6 Å². The number of ether oxygens (including phenoxy) is 1. The lowest BCUT2D eigenvalue weighted by Gasteiger charge is -2.17. The number of allylic oxidation sites excluding steroid dienone is 1. The smallest absolute Gasteiger partial charge is 0.188 e. The van der Waals surface area contributed by atoms with Crippen molar-refractivity contribution in [2.45, 2.75) is 45.5 Å². The number of benzene rings is 2. The molecule has 0 aromatic heterocycles. The van der Waals surface area contributed by atoms with Gasteiger partial charge in [-0.3, -0.25) is 4.79 Å². The summed E-state index contributed by atoms with van der Waals surface area (Å²) in [5, 5.41) is 0. The van der Waals surface area contributed by atoms with Gasteiger partial charge in [-0.1, -0.05) is 56.5 Å². The summed E-state index contributed by atoms with van der Waals surface area (Å²) < 4.78 is 6.19. The highest BCUT2D eigenvalue weighted by Gasteiger charge is 2.24. The lowest BCUT2D eigenvalue weighted by molar-refractivity contribution is 0.103. The van der Waals surface area contributed by atoms with E-state index >= 15 is 0 Å². The Morgan fingerprint density at radius 3 is 2.58 bits per heavy atom. The highest BCUT2D eigenvalue weighted by molar-refractivity contribution is 6.76. The number of fused-ring (bicyclic) bond motifs is 3. The minimum atomic E-state index is -1.06. The summed E-state index contributed by atoms with van der Waals surface area (Å²) >= 11 is 0. The van der Waals surface area contributed by atoms with Crippen LogP contribution in [0.25, 0.3) is 11.1 Å². The predicted molar refractivity (Wildman–Crippen MR) is 112 cm³/mol. The molecule has 0 saturated carbocycles. The Balaban J connectivity index is 1.92. The number of hydrogen-bond acceptors (Lipinski definition) is 2. The van der Waals surface area contributed by atoms with E-state index in [1.165, 1.54) is 22.7 Å². The molecule has 0 amide bonds. The SMILES string of the molecule is C=C(C)C(=O)c1cc(OCCC[Si](C)(C)C)c2c(c1)-c1ccccc1C2. The molecule has 0 spiro atoms. The molecule has 1 aliphatic rings. The van der Waals surface area contributed by atoms with Crippen LogP contribution in [0.5, 0.6) is 5.75 Å². The number of Topliss-reactive ketones (excluding diaryl/α,β-unsaturated/α-hetero) is 1. The van der Waals surface area contributed by atoms with Gasteiger partial charge < -0.3 is 4.74 Å². The second kappa shape index (κ2) is 7.24. The topological polar surface area (TPSA) is 26.3 Å². The average Bonchev–Trinajstić information content (AvgIpc) is 2.95. The van der Waals surface area contributed by atoms with E-state index < -0.39 is 8.07 Å². The van der Waals surface area contributed by atoms with Crippen LogP contribution in [-0.2, 0) is 6.42 Å². The first-order valence-electron chi connectivity index (χ1n) is 9.34. The third-order valence-electron chi connectivity index (χ3n) is 4.86. The molecule has 2 aromatic carbocycles. The zero-order valence-electron chi connectivity index (χ0n) is 16.3. The van der Waals surface area contributed by atoms with E-state index in [9.17, 15) is 4.79 Å². The summed E-state index contributed by atoms with van der Waals surface area (Å²) in [4.78, 5) is 12.5. The normalized spacial score (nSPS) is 12.5. The van der Waals surface area contributed by atoms with Crippen LogP contribution in [0, 0.1) is 0 Å².